The fourth-order valence-corrected chi connectivity index (χ4v) is 2.59. The van der Waals surface area contributed by atoms with E-state index < -0.39 is 0 Å². The Kier molecular flexibility index (Phi) is 3.92. The van der Waals surface area contributed by atoms with Crippen LogP contribution in [0.1, 0.15) is 22.7 Å². The van der Waals surface area contributed by atoms with Crippen molar-refractivity contribution in [3.63, 3.8) is 0 Å². The average molecular weight is 252 g/mol. The summed E-state index contributed by atoms with van der Waals surface area (Å²) in [5.74, 6) is 0. The summed E-state index contributed by atoms with van der Waals surface area (Å²) in [4.78, 5) is 0. The van der Waals surface area contributed by atoms with E-state index in [1.807, 2.05) is 0 Å². The molecule has 1 unspecified atom stereocenters. The third-order valence-corrected chi connectivity index (χ3v) is 3.67. The van der Waals surface area contributed by atoms with Crippen molar-refractivity contribution in [3.05, 3.63) is 71.3 Å². The van der Waals surface area contributed by atoms with Gasteiger partial charge in [0.05, 0.1) is 0 Å². The minimum atomic E-state index is 0.458. The van der Waals surface area contributed by atoms with Crippen molar-refractivity contribution in [1.82, 2.24) is 10.6 Å². The summed E-state index contributed by atoms with van der Waals surface area (Å²) >= 11 is 0. The second-order valence-electron chi connectivity index (χ2n) is 5.11. The lowest BCUT2D eigenvalue weighted by Gasteiger charge is -2.25. The van der Waals surface area contributed by atoms with Gasteiger partial charge >= 0.3 is 0 Å². The highest BCUT2D eigenvalue weighted by Gasteiger charge is 2.13. The molecule has 2 N–H and O–H groups in total. The van der Waals surface area contributed by atoms with E-state index in [1.165, 1.54) is 16.7 Å². The third kappa shape index (κ3) is 3.22. The number of hydrogen-bond donors (Lipinski definition) is 2. The zero-order chi connectivity index (χ0) is 12.9. The second-order valence-corrected chi connectivity index (χ2v) is 5.11. The van der Waals surface area contributed by atoms with Crippen LogP contribution in [0.2, 0.25) is 0 Å². The summed E-state index contributed by atoms with van der Waals surface area (Å²) in [5, 5.41) is 6.97. The van der Waals surface area contributed by atoms with Gasteiger partial charge in [-0.15, -0.1) is 0 Å². The van der Waals surface area contributed by atoms with Gasteiger partial charge in [0.15, 0.2) is 0 Å². The van der Waals surface area contributed by atoms with E-state index in [1.54, 1.807) is 0 Å². The van der Waals surface area contributed by atoms with Crippen LogP contribution in [-0.4, -0.2) is 19.6 Å². The van der Waals surface area contributed by atoms with E-state index >= 15 is 0 Å². The van der Waals surface area contributed by atoms with Crippen LogP contribution in [0.3, 0.4) is 0 Å². The lowest BCUT2D eigenvalue weighted by Crippen LogP contribution is -2.42. The minimum Gasteiger partial charge on any atom is -0.314 e. The Morgan fingerprint density at radius 1 is 0.842 bits per heavy atom. The van der Waals surface area contributed by atoms with E-state index in [0.717, 1.165) is 26.1 Å². The third-order valence-electron chi connectivity index (χ3n) is 3.67. The maximum atomic E-state index is 3.54. The predicted octanol–water partition coefficient (Wildman–Crippen LogP) is 2.51. The highest BCUT2D eigenvalue weighted by atomic mass is 15.1. The first-order valence-corrected chi connectivity index (χ1v) is 6.99. The van der Waals surface area contributed by atoms with Gasteiger partial charge < -0.3 is 10.6 Å². The Morgan fingerprint density at radius 3 is 2.26 bits per heavy atom. The first-order valence-electron chi connectivity index (χ1n) is 6.99. The summed E-state index contributed by atoms with van der Waals surface area (Å²) in [7, 11) is 0. The van der Waals surface area contributed by atoms with Gasteiger partial charge in [0.1, 0.15) is 0 Å². The molecule has 1 saturated heterocycles. The maximum absolute atomic E-state index is 3.54. The normalized spacial score (nSPS) is 19.3. The van der Waals surface area contributed by atoms with Gasteiger partial charge in [-0.2, -0.15) is 0 Å². The van der Waals surface area contributed by atoms with Crippen LogP contribution in [0.15, 0.2) is 54.6 Å². The molecule has 0 spiro atoms. The predicted molar refractivity (Wildman–Crippen MR) is 79.3 cm³/mol. The van der Waals surface area contributed by atoms with E-state index in [4.69, 9.17) is 0 Å². The second kappa shape index (κ2) is 6.00. The molecule has 2 aromatic carbocycles. The van der Waals surface area contributed by atoms with Crippen LogP contribution in [0, 0.1) is 0 Å². The van der Waals surface area contributed by atoms with Crippen molar-refractivity contribution in [2.75, 3.05) is 19.6 Å². The van der Waals surface area contributed by atoms with Gasteiger partial charge in [0, 0.05) is 25.7 Å². The minimum absolute atomic E-state index is 0.458. The SMILES string of the molecule is c1ccc(Cc2ccc(C3CNCCN3)cc2)cc1. The molecule has 0 amide bonds. The van der Waals surface area contributed by atoms with Gasteiger partial charge in [0.25, 0.3) is 0 Å². The molecule has 1 aliphatic rings. The maximum Gasteiger partial charge on any atom is 0.0447 e. The smallest absolute Gasteiger partial charge is 0.0447 e. The van der Waals surface area contributed by atoms with Crippen molar-refractivity contribution in [3.8, 4) is 0 Å². The molecule has 2 heteroatoms. The molecule has 3 rings (SSSR count). The summed E-state index contributed by atoms with van der Waals surface area (Å²) in [6, 6.07) is 20.1. The first-order chi connectivity index (χ1) is 9.42. The van der Waals surface area contributed by atoms with Crippen LogP contribution in [-0.2, 0) is 6.42 Å². The molecular formula is C17H20N2. The van der Waals surface area contributed by atoms with Gasteiger partial charge in [-0.25, -0.2) is 0 Å². The van der Waals surface area contributed by atoms with Gasteiger partial charge in [-0.3, -0.25) is 0 Å². The Hall–Kier alpha value is -1.64. The molecular weight excluding hydrogens is 232 g/mol. The van der Waals surface area contributed by atoms with Crippen LogP contribution in [0.5, 0.6) is 0 Å². The monoisotopic (exact) mass is 252 g/mol. The highest BCUT2D eigenvalue weighted by Crippen LogP contribution is 2.16. The number of piperazine rings is 1. The van der Waals surface area contributed by atoms with Crippen LogP contribution in [0.4, 0.5) is 0 Å². The van der Waals surface area contributed by atoms with Crippen LogP contribution < -0.4 is 10.6 Å². The Bertz CT molecular complexity index is 499. The number of hydrogen-bond acceptors (Lipinski definition) is 2. The molecule has 0 saturated carbocycles. The largest absolute Gasteiger partial charge is 0.314 e. The molecule has 1 atom stereocenters. The Labute approximate surface area is 114 Å². The molecule has 0 bridgehead atoms. The Balaban J connectivity index is 1.68. The van der Waals surface area contributed by atoms with Gasteiger partial charge in [-0.05, 0) is 23.1 Å². The number of benzene rings is 2. The first kappa shape index (κ1) is 12.4. The lowest BCUT2D eigenvalue weighted by atomic mass is 10.00. The molecule has 1 fully saturated rings. The number of nitrogens with one attached hydrogen (secondary N) is 2. The summed E-state index contributed by atoms with van der Waals surface area (Å²) in [6.07, 6.45) is 1.01. The lowest BCUT2D eigenvalue weighted by molar-refractivity contribution is 0.430. The molecule has 1 aliphatic heterocycles. The van der Waals surface area contributed by atoms with Crippen molar-refractivity contribution < 1.29 is 0 Å². The fourth-order valence-electron chi connectivity index (χ4n) is 2.59. The molecule has 19 heavy (non-hydrogen) atoms. The van der Waals surface area contributed by atoms with E-state index in [9.17, 15) is 0 Å². The van der Waals surface area contributed by atoms with Crippen molar-refractivity contribution >= 4 is 0 Å². The van der Waals surface area contributed by atoms with Crippen LogP contribution >= 0.6 is 0 Å². The van der Waals surface area contributed by atoms with Gasteiger partial charge in [-0.1, -0.05) is 54.6 Å². The standard InChI is InChI=1S/C17H20N2/c1-2-4-14(5-3-1)12-15-6-8-16(9-7-15)17-13-18-10-11-19-17/h1-9,17-19H,10-13H2. The fraction of sp³-hybridized carbons (Fsp3) is 0.294. The molecule has 98 valence electrons. The van der Waals surface area contributed by atoms with Gasteiger partial charge in [0.2, 0.25) is 0 Å². The van der Waals surface area contributed by atoms with Crippen molar-refractivity contribution in [2.45, 2.75) is 12.5 Å². The quantitative estimate of drug-likeness (QED) is 0.877. The van der Waals surface area contributed by atoms with E-state index in [2.05, 4.69) is 65.2 Å². The topological polar surface area (TPSA) is 24.1 Å². The van der Waals surface area contributed by atoms with Crippen molar-refractivity contribution in [1.29, 1.82) is 0 Å². The summed E-state index contributed by atoms with van der Waals surface area (Å²) in [5.41, 5.74) is 4.12. The van der Waals surface area contributed by atoms with E-state index in [-0.39, 0.29) is 0 Å². The van der Waals surface area contributed by atoms with Crippen LogP contribution in [0.25, 0.3) is 0 Å². The van der Waals surface area contributed by atoms with Crippen molar-refractivity contribution in [2.24, 2.45) is 0 Å². The molecule has 0 aromatic heterocycles. The summed E-state index contributed by atoms with van der Waals surface area (Å²) < 4.78 is 0. The molecule has 1 heterocycles. The summed E-state index contributed by atoms with van der Waals surface area (Å²) in [6.45, 7) is 3.15. The molecule has 0 radical (unpaired) electrons. The number of rotatable bonds is 3. The molecule has 2 aromatic rings. The zero-order valence-corrected chi connectivity index (χ0v) is 11.1. The Morgan fingerprint density at radius 2 is 1.58 bits per heavy atom. The van der Waals surface area contributed by atoms with E-state index in [0.29, 0.717) is 6.04 Å². The average Bonchev–Trinajstić information content (AvgIpc) is 2.50. The zero-order valence-electron chi connectivity index (χ0n) is 11.1. The highest BCUT2D eigenvalue weighted by molar-refractivity contribution is 5.30. The molecule has 0 aliphatic carbocycles. The molecule has 2 nitrogen and oxygen atoms in total.